The van der Waals surface area contributed by atoms with Gasteiger partial charge in [0.25, 0.3) is 5.91 Å². The number of carbonyl (C=O) groups is 2. The Hall–Kier alpha value is -6.82. The molecule has 1 amide bonds. The molecule has 0 aliphatic carbocycles. The highest BCUT2D eigenvalue weighted by Gasteiger charge is 2.44. The smallest absolute Gasteiger partial charge is 0.307 e. The van der Waals surface area contributed by atoms with E-state index in [1.807, 2.05) is 23.1 Å². The fourth-order valence-electron chi connectivity index (χ4n) is 9.05. The molecular formula is C51H58N4O13. The van der Waals surface area contributed by atoms with Crippen molar-refractivity contribution in [3.63, 3.8) is 0 Å². The van der Waals surface area contributed by atoms with Crippen LogP contribution in [0.3, 0.4) is 0 Å². The Morgan fingerprint density at radius 2 is 1.71 bits per heavy atom. The molecule has 0 saturated carbocycles. The Morgan fingerprint density at radius 3 is 2.38 bits per heavy atom. The summed E-state index contributed by atoms with van der Waals surface area (Å²) in [5, 5.41) is 49.2. The second-order valence-corrected chi connectivity index (χ2v) is 18.0. The number of aliphatic hydroxyl groups excluding tert-OH is 3. The molecule has 4 bridgehead atoms. The number of hydrogen-bond acceptors (Lipinski definition) is 16. The van der Waals surface area contributed by atoms with Gasteiger partial charge in [-0.1, -0.05) is 52.0 Å². The van der Waals surface area contributed by atoms with Gasteiger partial charge in [0.15, 0.2) is 22.4 Å². The van der Waals surface area contributed by atoms with Gasteiger partial charge in [0.2, 0.25) is 10.9 Å². The van der Waals surface area contributed by atoms with Gasteiger partial charge >= 0.3 is 11.8 Å². The molecule has 5 N–H and O–H groups in total. The van der Waals surface area contributed by atoms with Gasteiger partial charge in [-0.15, -0.1) is 0 Å². The number of nitrogens with one attached hydrogen (secondary N) is 1. The Labute approximate surface area is 392 Å². The summed E-state index contributed by atoms with van der Waals surface area (Å²) in [6.45, 7) is 13.0. The fraction of sp³-hybridized carbons (Fsp3) is 0.412. The van der Waals surface area contributed by atoms with Crippen molar-refractivity contribution < 1.29 is 53.4 Å². The maximum Gasteiger partial charge on any atom is 0.307 e. The summed E-state index contributed by atoms with van der Waals surface area (Å²) in [5.41, 5.74) is -0.909. The number of phenolic OH excluding ortho intramolecular Hbond substituents is 1. The SMILES string of the molecule is CO[C@H]1/C=C\O[C@@]2(C)Oc3c(C)c(O)c4c(=O)c(c5oc6cc(N(C)CCc7ccccn7)cc(=O)c6nc5c4c3=C2O)NC(=O)/C(C)=C/C=C/[C@H](C)[C@H](O)[C@@H](C)[C@@H](O)[C@@H](C)[C@H](OC(C)=O)[C@@H]1C. The maximum atomic E-state index is 14.9. The van der Waals surface area contributed by atoms with Crippen molar-refractivity contribution in [3.05, 3.63) is 110 Å². The molecule has 2 aliphatic heterocycles. The van der Waals surface area contributed by atoms with E-state index in [-0.39, 0.29) is 55.1 Å². The lowest BCUT2D eigenvalue weighted by Crippen LogP contribution is -2.46. The summed E-state index contributed by atoms with van der Waals surface area (Å²) >= 11 is 0. The first-order chi connectivity index (χ1) is 32.2. The highest BCUT2D eigenvalue weighted by atomic mass is 16.7. The van der Waals surface area contributed by atoms with E-state index < -0.39 is 93.8 Å². The van der Waals surface area contributed by atoms with E-state index in [1.165, 1.54) is 59.3 Å². The molecule has 5 aromatic rings. The average Bonchev–Trinajstić information content (AvgIpc) is 3.58. The predicted molar refractivity (Wildman–Crippen MR) is 256 cm³/mol. The topological polar surface area (TPSA) is 240 Å². The number of pyridine rings is 1. The standard InChI is InChI=1S/C51H58N4O13/c1-24-14-13-15-25(2)50(63)54-41-45(61)37-36(40-48(41)67-35-23-32(22-33(57)39(35)53-40)55(9)20-17-31-16-11-12-19-52-31)38-47(29(6)44(37)60)68-51(8,49(38)62)65-21-18-34(64-10)26(3)46(66-30(7)56)28(5)43(59)27(4)42(24)58/h11-16,18-19,21-24,26-28,34,42-43,46,58-60,62H,17,20H2,1-10H3,(H,54,63)/b14-13+,21-18-,25-15+/t24-,26+,27+,28+,34-,42-,43+,46+,51-/m0/s1. The second kappa shape index (κ2) is 19.4. The molecule has 0 fully saturated rings. The van der Waals surface area contributed by atoms with E-state index >= 15 is 0 Å². The summed E-state index contributed by atoms with van der Waals surface area (Å²) < 4.78 is 30.4. The molecule has 360 valence electrons. The number of ether oxygens (including phenoxy) is 4. The monoisotopic (exact) mass is 934 g/mol. The summed E-state index contributed by atoms with van der Waals surface area (Å²) in [6.07, 6.45) is 5.75. The third-order valence-electron chi connectivity index (χ3n) is 13.3. The Kier molecular flexibility index (Phi) is 14.0. The molecule has 2 aliphatic rings. The van der Waals surface area contributed by atoms with Crippen LogP contribution in [0.1, 0.15) is 59.7 Å². The van der Waals surface area contributed by atoms with E-state index in [2.05, 4.69) is 10.3 Å². The van der Waals surface area contributed by atoms with Crippen LogP contribution in [-0.4, -0.2) is 93.2 Å². The molecule has 0 saturated heterocycles. The normalized spacial score (nSPS) is 27.6. The van der Waals surface area contributed by atoms with E-state index in [0.29, 0.717) is 18.7 Å². The second-order valence-electron chi connectivity index (χ2n) is 18.0. The molecule has 0 unspecified atom stereocenters. The minimum atomic E-state index is -2.00. The number of nitrogens with zero attached hydrogens (tertiary/aromatic N) is 3. The highest BCUT2D eigenvalue weighted by molar-refractivity contribution is 6.16. The average molecular weight is 935 g/mol. The quantitative estimate of drug-likeness (QED) is 0.0787. The van der Waals surface area contributed by atoms with Gasteiger partial charge in [-0.25, -0.2) is 4.98 Å². The lowest BCUT2D eigenvalue weighted by atomic mass is 9.78. The lowest BCUT2D eigenvalue weighted by Gasteiger charge is -2.38. The summed E-state index contributed by atoms with van der Waals surface area (Å²) in [5.74, 6) is -7.04. The molecule has 0 radical (unpaired) electrons. The van der Waals surface area contributed by atoms with Crippen molar-refractivity contribution >= 4 is 62.0 Å². The van der Waals surface area contributed by atoms with E-state index in [1.54, 1.807) is 59.2 Å². The summed E-state index contributed by atoms with van der Waals surface area (Å²) in [4.78, 5) is 66.3. The number of aromatic hydroxyl groups is 1. The van der Waals surface area contributed by atoms with Gasteiger partial charge in [-0.2, -0.15) is 0 Å². The van der Waals surface area contributed by atoms with Crippen LogP contribution in [0.15, 0.2) is 86.7 Å². The van der Waals surface area contributed by atoms with Crippen molar-refractivity contribution in [1.29, 1.82) is 0 Å². The largest absolute Gasteiger partial charge is 0.507 e. The predicted octanol–water partition coefficient (Wildman–Crippen LogP) is 5.63. The van der Waals surface area contributed by atoms with Gasteiger partial charge < -0.3 is 54.0 Å². The van der Waals surface area contributed by atoms with Crippen LogP contribution in [0.4, 0.5) is 11.4 Å². The number of rotatable bonds is 6. The van der Waals surface area contributed by atoms with Crippen molar-refractivity contribution in [2.24, 2.45) is 23.7 Å². The number of likely N-dealkylation sites (N-methyl/N-ethyl adjacent to an activating group) is 1. The molecule has 7 rings (SSSR count). The van der Waals surface area contributed by atoms with Crippen LogP contribution in [0, 0.1) is 30.6 Å². The number of fused-ring (bicyclic) bond motifs is 2. The van der Waals surface area contributed by atoms with Gasteiger partial charge in [-0.05, 0) is 32.1 Å². The number of anilines is 2. The first kappa shape index (κ1) is 49.1. The van der Waals surface area contributed by atoms with Crippen LogP contribution in [-0.2, 0) is 30.2 Å². The number of aliphatic hydroxyl groups is 3. The number of benzene rings is 3. The molecule has 9 atom stereocenters. The molecule has 4 heterocycles. The first-order valence-electron chi connectivity index (χ1n) is 22.4. The molecule has 68 heavy (non-hydrogen) atoms. The van der Waals surface area contributed by atoms with Crippen LogP contribution in [0.5, 0.6) is 11.5 Å². The van der Waals surface area contributed by atoms with E-state index in [4.69, 9.17) is 28.3 Å². The highest BCUT2D eigenvalue weighted by Crippen LogP contribution is 2.42. The number of allylic oxidation sites excluding steroid dienone is 2. The Morgan fingerprint density at radius 1 is 0.971 bits per heavy atom. The molecule has 3 aromatic carbocycles. The Balaban J connectivity index is 1.46. The number of aromatic nitrogens is 2. The van der Waals surface area contributed by atoms with Crippen molar-refractivity contribution in [1.82, 2.24) is 9.97 Å². The molecule has 17 heteroatoms. The van der Waals surface area contributed by atoms with Gasteiger partial charge in [0.05, 0.1) is 35.2 Å². The lowest BCUT2D eigenvalue weighted by molar-refractivity contribution is -0.160. The van der Waals surface area contributed by atoms with Crippen LogP contribution in [0.25, 0.3) is 38.7 Å². The number of hydrogen-bond donors (Lipinski definition) is 5. The van der Waals surface area contributed by atoms with Gasteiger partial charge in [0, 0.05) is 111 Å². The van der Waals surface area contributed by atoms with Crippen molar-refractivity contribution in [2.75, 3.05) is 30.9 Å². The van der Waals surface area contributed by atoms with Crippen LogP contribution < -0.4 is 31.0 Å². The third kappa shape index (κ3) is 9.12. The van der Waals surface area contributed by atoms with Crippen molar-refractivity contribution in [2.45, 2.75) is 92.0 Å². The van der Waals surface area contributed by atoms with E-state index in [9.17, 15) is 39.6 Å². The molecule has 2 aromatic heterocycles. The van der Waals surface area contributed by atoms with Crippen molar-refractivity contribution in [3.8, 4) is 11.5 Å². The summed E-state index contributed by atoms with van der Waals surface area (Å²) in [7, 11) is 3.24. The molecule has 17 nitrogen and oxygen atoms in total. The number of phenols is 1. The van der Waals surface area contributed by atoms with Crippen LogP contribution >= 0.6 is 0 Å². The molecule has 0 spiro atoms. The third-order valence-corrected chi connectivity index (χ3v) is 13.3. The number of carbonyl (C=O) groups excluding carboxylic acids is 2. The van der Waals surface area contributed by atoms with E-state index in [0.717, 1.165) is 5.69 Å². The number of methoxy groups -OCH3 is 1. The minimum absolute atomic E-state index is 0.0165. The zero-order chi connectivity index (χ0) is 49.5. The fourth-order valence-corrected chi connectivity index (χ4v) is 9.05. The maximum absolute atomic E-state index is 14.9. The number of amides is 1. The Bertz CT molecular complexity index is 3060. The van der Waals surface area contributed by atoms with Crippen LogP contribution in [0.2, 0.25) is 0 Å². The zero-order valence-electron chi connectivity index (χ0n) is 39.7. The summed E-state index contributed by atoms with van der Waals surface area (Å²) in [6, 6.07) is 8.60. The molecular weight excluding hydrogens is 877 g/mol. The zero-order valence-corrected chi connectivity index (χ0v) is 39.7. The van der Waals surface area contributed by atoms with Gasteiger partial charge in [0.1, 0.15) is 28.8 Å². The number of esters is 1. The first-order valence-corrected chi connectivity index (χ1v) is 22.4. The van der Waals surface area contributed by atoms with Gasteiger partial charge in [-0.3, -0.25) is 24.2 Å². The minimum Gasteiger partial charge on any atom is -0.507 e.